The Morgan fingerprint density at radius 2 is 1.95 bits per heavy atom. The van der Waals surface area contributed by atoms with Crippen LogP contribution in [0.2, 0.25) is 0 Å². The summed E-state index contributed by atoms with van der Waals surface area (Å²) in [7, 11) is 1.82. The third-order valence-corrected chi connectivity index (χ3v) is 3.99. The first-order valence-electron chi connectivity index (χ1n) is 6.86. The third-order valence-electron chi connectivity index (χ3n) is 3.38. The lowest BCUT2D eigenvalue weighted by molar-refractivity contribution is -0.00833. The van der Waals surface area contributed by atoms with Crippen molar-refractivity contribution in [2.24, 2.45) is 4.99 Å². The molecule has 1 rings (SSSR count). The van der Waals surface area contributed by atoms with Gasteiger partial charge in [0.2, 0.25) is 0 Å². The first-order chi connectivity index (χ1) is 9.10. The molecule has 20 heavy (non-hydrogen) atoms. The van der Waals surface area contributed by atoms with Crippen LogP contribution in [0.1, 0.15) is 13.8 Å². The molecular formula is C13H29IN4OS. The second-order valence-electron chi connectivity index (χ2n) is 5.26. The van der Waals surface area contributed by atoms with Crippen LogP contribution in [0.4, 0.5) is 0 Å². The Hall–Kier alpha value is 0.270. The minimum atomic E-state index is 0. The standard InChI is InChI=1S/C13H28N4OS.HI/c1-13(2,17-6-8-18-9-7-17)11-16-12(14-3)15-5-10-19-4;/h5-11H2,1-4H3,(H2,14,15,16);1H. The molecule has 0 radical (unpaired) electrons. The third kappa shape index (κ3) is 7.33. The van der Waals surface area contributed by atoms with Crippen molar-refractivity contribution < 1.29 is 4.74 Å². The molecule has 0 aliphatic carbocycles. The van der Waals surface area contributed by atoms with Gasteiger partial charge < -0.3 is 15.4 Å². The van der Waals surface area contributed by atoms with Crippen LogP contribution in [0.15, 0.2) is 4.99 Å². The molecule has 120 valence electrons. The molecule has 5 nitrogen and oxygen atoms in total. The van der Waals surface area contributed by atoms with E-state index in [1.54, 1.807) is 0 Å². The monoisotopic (exact) mass is 416 g/mol. The van der Waals surface area contributed by atoms with Gasteiger partial charge in [0.05, 0.1) is 13.2 Å². The number of thioether (sulfide) groups is 1. The van der Waals surface area contributed by atoms with E-state index in [0.717, 1.165) is 51.1 Å². The molecule has 0 bridgehead atoms. The van der Waals surface area contributed by atoms with Crippen LogP contribution < -0.4 is 10.6 Å². The topological polar surface area (TPSA) is 48.9 Å². The van der Waals surface area contributed by atoms with Gasteiger partial charge in [0, 0.05) is 44.5 Å². The maximum atomic E-state index is 5.41. The van der Waals surface area contributed by atoms with Gasteiger partial charge in [0.25, 0.3) is 0 Å². The second kappa shape index (κ2) is 10.9. The van der Waals surface area contributed by atoms with Crippen molar-refractivity contribution in [3.63, 3.8) is 0 Å². The zero-order valence-corrected chi connectivity index (χ0v) is 16.2. The van der Waals surface area contributed by atoms with Gasteiger partial charge in [-0.2, -0.15) is 11.8 Å². The summed E-state index contributed by atoms with van der Waals surface area (Å²) in [5.74, 6) is 1.98. The molecule has 7 heteroatoms. The number of rotatable bonds is 6. The SMILES string of the molecule is CN=C(NCCSC)NCC(C)(C)N1CCOCC1.I. The number of guanidine groups is 1. The van der Waals surface area contributed by atoms with E-state index in [-0.39, 0.29) is 29.5 Å². The molecule has 0 spiro atoms. The van der Waals surface area contributed by atoms with Gasteiger partial charge in [0.1, 0.15) is 0 Å². The van der Waals surface area contributed by atoms with Gasteiger partial charge >= 0.3 is 0 Å². The summed E-state index contributed by atoms with van der Waals surface area (Å²) in [6, 6.07) is 0. The van der Waals surface area contributed by atoms with E-state index in [4.69, 9.17) is 4.74 Å². The summed E-state index contributed by atoms with van der Waals surface area (Å²) in [4.78, 5) is 6.72. The molecule has 0 aromatic heterocycles. The van der Waals surface area contributed by atoms with Crippen molar-refractivity contribution in [3.05, 3.63) is 0 Å². The van der Waals surface area contributed by atoms with Crippen molar-refractivity contribution in [2.75, 3.05) is 58.4 Å². The lowest BCUT2D eigenvalue weighted by Crippen LogP contribution is -2.56. The highest BCUT2D eigenvalue weighted by molar-refractivity contribution is 14.0. The maximum absolute atomic E-state index is 5.41. The molecule has 0 aromatic carbocycles. The molecule has 0 unspecified atom stereocenters. The Morgan fingerprint density at radius 1 is 1.30 bits per heavy atom. The number of hydrogen-bond acceptors (Lipinski definition) is 4. The van der Waals surface area contributed by atoms with Crippen LogP contribution in [0.25, 0.3) is 0 Å². The lowest BCUT2D eigenvalue weighted by Gasteiger charge is -2.41. The Balaban J connectivity index is 0.00000361. The van der Waals surface area contributed by atoms with Crippen LogP contribution >= 0.6 is 35.7 Å². The average molecular weight is 416 g/mol. The first-order valence-corrected chi connectivity index (χ1v) is 8.26. The van der Waals surface area contributed by atoms with Gasteiger partial charge in [0.15, 0.2) is 5.96 Å². The van der Waals surface area contributed by atoms with Gasteiger partial charge in [-0.1, -0.05) is 0 Å². The number of nitrogens with zero attached hydrogens (tertiary/aromatic N) is 2. The van der Waals surface area contributed by atoms with E-state index in [9.17, 15) is 0 Å². The summed E-state index contributed by atoms with van der Waals surface area (Å²) in [6.45, 7) is 10.0. The molecule has 1 aliphatic heterocycles. The van der Waals surface area contributed by atoms with Crippen LogP contribution in [0, 0.1) is 0 Å². The first kappa shape index (κ1) is 20.3. The van der Waals surface area contributed by atoms with Crippen molar-refractivity contribution in [1.29, 1.82) is 0 Å². The Bertz CT molecular complexity index is 284. The van der Waals surface area contributed by atoms with E-state index in [1.165, 1.54) is 0 Å². The molecule has 1 saturated heterocycles. The lowest BCUT2D eigenvalue weighted by atomic mass is 10.0. The predicted molar refractivity (Wildman–Crippen MR) is 99.6 cm³/mol. The fourth-order valence-corrected chi connectivity index (χ4v) is 2.38. The van der Waals surface area contributed by atoms with Crippen LogP contribution in [-0.4, -0.2) is 74.8 Å². The highest BCUT2D eigenvalue weighted by Crippen LogP contribution is 2.14. The number of ether oxygens (including phenoxy) is 1. The number of aliphatic imine (C=N–C) groups is 1. The van der Waals surface area contributed by atoms with E-state index in [1.807, 2.05) is 18.8 Å². The largest absolute Gasteiger partial charge is 0.379 e. The Labute approximate surface area is 144 Å². The fourth-order valence-electron chi connectivity index (χ4n) is 2.07. The molecule has 1 aliphatic rings. The van der Waals surface area contributed by atoms with Gasteiger partial charge in [-0.15, -0.1) is 24.0 Å². The summed E-state index contributed by atoms with van der Waals surface area (Å²) in [5, 5.41) is 6.73. The van der Waals surface area contributed by atoms with E-state index in [0.29, 0.717) is 0 Å². The molecule has 0 amide bonds. The minimum Gasteiger partial charge on any atom is -0.379 e. The zero-order valence-electron chi connectivity index (χ0n) is 13.1. The van der Waals surface area contributed by atoms with Crippen molar-refractivity contribution >= 4 is 41.7 Å². The quantitative estimate of drug-likeness (QED) is 0.295. The fraction of sp³-hybridized carbons (Fsp3) is 0.923. The highest BCUT2D eigenvalue weighted by Gasteiger charge is 2.28. The number of hydrogen-bond donors (Lipinski definition) is 2. The minimum absolute atomic E-state index is 0. The van der Waals surface area contributed by atoms with E-state index < -0.39 is 0 Å². The zero-order chi connectivity index (χ0) is 14.1. The smallest absolute Gasteiger partial charge is 0.191 e. The van der Waals surface area contributed by atoms with Gasteiger partial charge in [-0.05, 0) is 20.1 Å². The van der Waals surface area contributed by atoms with E-state index >= 15 is 0 Å². The van der Waals surface area contributed by atoms with Crippen molar-refractivity contribution in [3.8, 4) is 0 Å². The molecule has 0 atom stereocenters. The summed E-state index contributed by atoms with van der Waals surface area (Å²) in [5.41, 5.74) is 0.112. The predicted octanol–water partition coefficient (Wildman–Crippen LogP) is 1.24. The van der Waals surface area contributed by atoms with Gasteiger partial charge in [-0.25, -0.2) is 0 Å². The summed E-state index contributed by atoms with van der Waals surface area (Å²) < 4.78 is 5.41. The molecule has 2 N–H and O–H groups in total. The molecule has 0 saturated carbocycles. The maximum Gasteiger partial charge on any atom is 0.191 e. The second-order valence-corrected chi connectivity index (χ2v) is 6.24. The molecular weight excluding hydrogens is 387 g/mol. The van der Waals surface area contributed by atoms with Crippen molar-refractivity contribution in [2.45, 2.75) is 19.4 Å². The van der Waals surface area contributed by atoms with E-state index in [2.05, 4.69) is 40.6 Å². The highest BCUT2D eigenvalue weighted by atomic mass is 127. The summed E-state index contributed by atoms with van der Waals surface area (Å²) >= 11 is 1.83. The number of nitrogens with one attached hydrogen (secondary N) is 2. The van der Waals surface area contributed by atoms with Crippen LogP contribution in [-0.2, 0) is 4.74 Å². The van der Waals surface area contributed by atoms with Crippen molar-refractivity contribution in [1.82, 2.24) is 15.5 Å². The molecule has 0 aromatic rings. The average Bonchev–Trinajstić information content (AvgIpc) is 2.43. The number of morpholine rings is 1. The molecule has 1 heterocycles. The normalized spacial score (nSPS) is 17.5. The Morgan fingerprint density at radius 3 is 2.50 bits per heavy atom. The van der Waals surface area contributed by atoms with Gasteiger partial charge in [-0.3, -0.25) is 9.89 Å². The van der Waals surface area contributed by atoms with Crippen LogP contribution in [0.5, 0.6) is 0 Å². The Kier molecular flexibility index (Phi) is 11.1. The molecule has 1 fully saturated rings. The number of halogens is 1. The summed E-state index contributed by atoms with van der Waals surface area (Å²) in [6.07, 6.45) is 2.11. The van der Waals surface area contributed by atoms with Crippen LogP contribution in [0.3, 0.4) is 0 Å².